The van der Waals surface area contributed by atoms with Gasteiger partial charge in [0.15, 0.2) is 0 Å². The molecular formula is C104H114O4. The molecule has 12 aromatic rings. The van der Waals surface area contributed by atoms with Gasteiger partial charge in [-0.3, -0.25) is 0 Å². The van der Waals surface area contributed by atoms with E-state index in [4.69, 9.17) is 18.9 Å². The van der Waals surface area contributed by atoms with Gasteiger partial charge in [0.2, 0.25) is 0 Å². The van der Waals surface area contributed by atoms with Crippen LogP contribution in [0.2, 0.25) is 0 Å². The number of unbranched alkanes of at least 4 members (excludes halogenated alkanes) is 6. The smallest absolute Gasteiger partial charge is 0.135 e. The standard InChI is InChI=1S/C104H114O4/c1-5-21-75-29-37-79(38-30-75)83-45-49-85(50-46-83)89-61-65-95(66-62-89)105-69-17-9-11-19-71-107-103-99(91-57-53-87(54-58-91)81-41-33-77(23-7-3)34-42-81)73-93-25-13-15-27-97(93)101(103)102-98-28-16-14-26-94(98)74-100(92-59-55-88(56-60-92)82-43-35-78(24-8-4)36-44-82)104(102)108-72-20-12-10-18-70-106-96-67-63-90(64-68-96)86-51-47-84(48-52-86)80-39-31-76(22-6-2)32-40-80/h13-16,25-32,37-40,45-68,73-74,77-78,81-82H,5-12,17-24,33-36,41-44,69-72H2,1-4H3. The van der Waals surface area contributed by atoms with Crippen molar-refractivity contribution in [3.8, 4) is 101 Å². The Morgan fingerprint density at radius 3 is 0.870 bits per heavy atom. The molecule has 0 unspecified atom stereocenters. The molecule has 0 spiro atoms. The zero-order valence-corrected chi connectivity index (χ0v) is 65.0. The van der Waals surface area contributed by atoms with E-state index in [9.17, 15) is 0 Å². The third kappa shape index (κ3) is 19.1. The summed E-state index contributed by atoms with van der Waals surface area (Å²) in [5.74, 6) is 6.61. The van der Waals surface area contributed by atoms with E-state index >= 15 is 0 Å². The van der Waals surface area contributed by atoms with E-state index in [1.165, 1.54) is 166 Å². The van der Waals surface area contributed by atoms with Crippen molar-refractivity contribution >= 4 is 21.5 Å². The summed E-state index contributed by atoms with van der Waals surface area (Å²) < 4.78 is 27.9. The molecule has 0 aromatic heterocycles. The van der Waals surface area contributed by atoms with Crippen LogP contribution in [0, 0.1) is 11.8 Å². The first-order valence-electron chi connectivity index (χ1n) is 41.8. The summed E-state index contributed by atoms with van der Waals surface area (Å²) in [4.78, 5) is 0. The van der Waals surface area contributed by atoms with E-state index in [0.29, 0.717) is 38.3 Å². The number of aryl methyl sites for hydroxylation is 2. The fourth-order valence-electron chi connectivity index (χ4n) is 17.5. The Morgan fingerprint density at radius 1 is 0.269 bits per heavy atom. The molecule has 2 fully saturated rings. The predicted molar refractivity (Wildman–Crippen MR) is 459 cm³/mol. The average molecular weight is 1430 g/mol. The highest BCUT2D eigenvalue weighted by Gasteiger charge is 2.28. The molecule has 0 radical (unpaired) electrons. The number of fused-ring (bicyclic) bond motifs is 2. The minimum Gasteiger partial charge on any atom is -0.494 e. The van der Waals surface area contributed by atoms with Gasteiger partial charge in [-0.1, -0.05) is 285 Å². The van der Waals surface area contributed by atoms with E-state index in [1.54, 1.807) is 0 Å². The normalized spacial score (nSPS) is 15.9. The molecule has 108 heavy (non-hydrogen) atoms. The highest BCUT2D eigenvalue weighted by atomic mass is 16.5. The van der Waals surface area contributed by atoms with Crippen molar-refractivity contribution < 1.29 is 18.9 Å². The molecule has 2 aliphatic rings. The van der Waals surface area contributed by atoms with Crippen molar-refractivity contribution in [3.63, 3.8) is 0 Å². The van der Waals surface area contributed by atoms with Crippen LogP contribution >= 0.6 is 0 Å². The van der Waals surface area contributed by atoms with Crippen LogP contribution in [-0.2, 0) is 12.8 Å². The second-order valence-electron chi connectivity index (χ2n) is 31.3. The Bertz CT molecular complexity index is 4440. The number of benzene rings is 12. The Hall–Kier alpha value is -9.64. The van der Waals surface area contributed by atoms with Crippen LogP contribution in [0.4, 0.5) is 0 Å². The average Bonchev–Trinajstić information content (AvgIpc) is 0.728. The number of rotatable bonds is 35. The van der Waals surface area contributed by atoms with Crippen molar-refractivity contribution in [1.29, 1.82) is 0 Å². The van der Waals surface area contributed by atoms with Gasteiger partial charge in [0.05, 0.1) is 26.4 Å². The van der Waals surface area contributed by atoms with Crippen molar-refractivity contribution in [2.75, 3.05) is 26.4 Å². The van der Waals surface area contributed by atoms with Crippen LogP contribution in [0.3, 0.4) is 0 Å². The molecule has 12 aromatic carbocycles. The van der Waals surface area contributed by atoms with Gasteiger partial charge in [-0.05, 0) is 275 Å². The van der Waals surface area contributed by atoms with Crippen LogP contribution in [0.5, 0.6) is 23.0 Å². The van der Waals surface area contributed by atoms with E-state index in [2.05, 4.69) is 282 Å². The molecular weight excluding hydrogens is 1310 g/mol. The van der Waals surface area contributed by atoms with E-state index in [-0.39, 0.29) is 0 Å². The summed E-state index contributed by atoms with van der Waals surface area (Å²) in [6, 6.07) is 95.3. The molecule has 0 amide bonds. The summed E-state index contributed by atoms with van der Waals surface area (Å²) in [6.07, 6.45) is 28.2. The lowest BCUT2D eigenvalue weighted by molar-refractivity contribution is 0.287. The maximum atomic E-state index is 7.55. The van der Waals surface area contributed by atoms with Gasteiger partial charge in [-0.25, -0.2) is 0 Å². The zero-order chi connectivity index (χ0) is 73.6. The first-order valence-corrected chi connectivity index (χ1v) is 41.8. The van der Waals surface area contributed by atoms with Crippen LogP contribution in [0.25, 0.3) is 99.4 Å². The Morgan fingerprint density at radius 2 is 0.556 bits per heavy atom. The fourth-order valence-corrected chi connectivity index (χ4v) is 17.5. The topological polar surface area (TPSA) is 36.9 Å². The molecule has 2 saturated carbocycles. The number of ether oxygens (including phenoxy) is 4. The monoisotopic (exact) mass is 1430 g/mol. The van der Waals surface area contributed by atoms with Crippen molar-refractivity contribution in [2.45, 2.75) is 194 Å². The minimum absolute atomic E-state index is 0.584. The Labute approximate surface area is 646 Å². The third-order valence-electron chi connectivity index (χ3n) is 23.6. The van der Waals surface area contributed by atoms with Gasteiger partial charge in [0.25, 0.3) is 0 Å². The third-order valence-corrected chi connectivity index (χ3v) is 23.6. The predicted octanol–water partition coefficient (Wildman–Crippen LogP) is 29.8. The molecule has 4 nitrogen and oxygen atoms in total. The van der Waals surface area contributed by atoms with Crippen molar-refractivity contribution in [3.05, 3.63) is 277 Å². The highest BCUT2D eigenvalue weighted by Crippen LogP contribution is 2.53. The van der Waals surface area contributed by atoms with Crippen LogP contribution < -0.4 is 18.9 Å². The van der Waals surface area contributed by atoms with E-state index in [0.717, 1.165) is 145 Å². The molecule has 0 N–H and O–H groups in total. The summed E-state index contributed by atoms with van der Waals surface area (Å²) in [7, 11) is 0. The second-order valence-corrected chi connectivity index (χ2v) is 31.3. The minimum atomic E-state index is 0.584. The molecule has 0 atom stereocenters. The lowest BCUT2D eigenvalue weighted by Crippen LogP contribution is -2.13. The summed E-state index contributed by atoms with van der Waals surface area (Å²) in [6.45, 7) is 11.7. The summed E-state index contributed by atoms with van der Waals surface area (Å²) in [5, 5.41) is 4.70. The molecule has 0 aliphatic heterocycles. The van der Waals surface area contributed by atoms with E-state index < -0.39 is 0 Å². The number of hydrogen-bond acceptors (Lipinski definition) is 4. The van der Waals surface area contributed by atoms with Gasteiger partial charge >= 0.3 is 0 Å². The first kappa shape index (κ1) is 75.2. The molecule has 2 aliphatic carbocycles. The lowest BCUT2D eigenvalue weighted by Gasteiger charge is -2.29. The SMILES string of the molecule is CCCc1ccc(-c2ccc(-c3ccc(OCCCCCCOc4c(-c5ccc(C6CCC(CCC)CC6)cc5)cc5ccccc5c4-c4c(OCCCCCCOc5ccc(-c6ccc(-c7ccc(CCC)cc7)cc6)cc5)c(-c5ccc(C6CCC(CCC)CC6)cc5)cc5ccccc45)cc3)cc2)cc1. The summed E-state index contributed by atoms with van der Waals surface area (Å²) >= 11 is 0. The molecule has 0 bridgehead atoms. The molecule has 4 heteroatoms. The highest BCUT2D eigenvalue weighted by molar-refractivity contribution is 6.14. The summed E-state index contributed by atoms with van der Waals surface area (Å²) in [5.41, 5.74) is 22.3. The molecule has 0 heterocycles. The number of hydrogen-bond donors (Lipinski definition) is 0. The van der Waals surface area contributed by atoms with Crippen LogP contribution in [0.1, 0.15) is 203 Å². The van der Waals surface area contributed by atoms with Crippen LogP contribution in [-0.4, -0.2) is 26.4 Å². The van der Waals surface area contributed by atoms with Gasteiger partial charge in [-0.2, -0.15) is 0 Å². The quantitative estimate of drug-likeness (QED) is 0.0371. The van der Waals surface area contributed by atoms with E-state index in [1.807, 2.05) is 0 Å². The van der Waals surface area contributed by atoms with Crippen LogP contribution in [0.15, 0.2) is 255 Å². The second kappa shape index (κ2) is 37.9. The van der Waals surface area contributed by atoms with Gasteiger partial charge in [-0.15, -0.1) is 0 Å². The Balaban J connectivity index is 0.701. The lowest BCUT2D eigenvalue weighted by atomic mass is 9.77. The first-order chi connectivity index (χ1) is 53.4. The van der Waals surface area contributed by atoms with Crippen molar-refractivity contribution in [1.82, 2.24) is 0 Å². The van der Waals surface area contributed by atoms with Gasteiger partial charge in [0.1, 0.15) is 23.0 Å². The van der Waals surface area contributed by atoms with Gasteiger partial charge in [0, 0.05) is 22.3 Å². The maximum Gasteiger partial charge on any atom is 0.135 e. The zero-order valence-electron chi connectivity index (χ0n) is 65.0. The molecule has 14 rings (SSSR count). The molecule has 554 valence electrons. The Kier molecular flexibility index (Phi) is 26.4. The fraction of sp³-hybridized carbons (Fsp3) is 0.346. The largest absolute Gasteiger partial charge is 0.494 e. The molecule has 0 saturated heterocycles. The maximum absolute atomic E-state index is 7.55. The van der Waals surface area contributed by atoms with Crippen molar-refractivity contribution in [2.24, 2.45) is 11.8 Å². The van der Waals surface area contributed by atoms with Gasteiger partial charge < -0.3 is 18.9 Å².